The number of nitrogens with zero attached hydrogens (tertiary/aromatic N) is 3. The van der Waals surface area contributed by atoms with E-state index in [4.69, 9.17) is 4.74 Å². The van der Waals surface area contributed by atoms with Crippen LogP contribution < -0.4 is 5.32 Å². The zero-order chi connectivity index (χ0) is 21.5. The van der Waals surface area contributed by atoms with Crippen molar-refractivity contribution in [1.82, 2.24) is 20.0 Å². The molecule has 160 valence electrons. The minimum Gasteiger partial charge on any atom is -0.450 e. The van der Waals surface area contributed by atoms with Gasteiger partial charge in [0.2, 0.25) is 0 Å². The molecule has 0 spiro atoms. The van der Waals surface area contributed by atoms with Crippen LogP contribution in [0.3, 0.4) is 0 Å². The Bertz CT molecular complexity index is 1100. The van der Waals surface area contributed by atoms with E-state index in [2.05, 4.69) is 10.4 Å². The summed E-state index contributed by atoms with van der Waals surface area (Å²) < 4.78 is 32.1. The number of rotatable bonds is 3. The molecule has 1 fully saturated rings. The van der Waals surface area contributed by atoms with Crippen molar-refractivity contribution in [2.75, 3.05) is 19.7 Å². The van der Waals surface area contributed by atoms with Gasteiger partial charge in [-0.25, -0.2) is 13.2 Å². The molecule has 0 atom stereocenters. The van der Waals surface area contributed by atoms with E-state index >= 15 is 0 Å². The average molecular weight is 433 g/mol. The number of piperidine rings is 1. The number of nitrogens with one attached hydrogen (secondary N) is 1. The monoisotopic (exact) mass is 432 g/mol. The summed E-state index contributed by atoms with van der Waals surface area (Å²) in [5, 5.41) is 7.30. The Hall–Kier alpha value is -2.88. The summed E-state index contributed by atoms with van der Waals surface area (Å²) >= 11 is 0. The lowest BCUT2D eigenvalue weighted by molar-refractivity contribution is 0.0855. The number of hydrogen-bond acceptors (Lipinski definition) is 6. The summed E-state index contributed by atoms with van der Waals surface area (Å²) in [5.74, 6) is -0.645. The van der Waals surface area contributed by atoms with Gasteiger partial charge in [0.05, 0.1) is 22.9 Å². The first-order valence-corrected chi connectivity index (χ1v) is 11.6. The minimum atomic E-state index is -3.54. The van der Waals surface area contributed by atoms with Crippen LogP contribution in [0.4, 0.5) is 4.79 Å². The number of benzene rings is 1. The Morgan fingerprint density at radius 2 is 1.93 bits per heavy atom. The number of likely N-dealkylation sites (tertiary alicyclic amines) is 1. The highest BCUT2D eigenvalue weighted by atomic mass is 32.2. The van der Waals surface area contributed by atoms with Crippen LogP contribution in [0, 0.1) is 0 Å². The van der Waals surface area contributed by atoms with Crippen LogP contribution in [0.5, 0.6) is 0 Å². The number of fused-ring (bicyclic) bond motifs is 3. The predicted molar refractivity (Wildman–Crippen MR) is 109 cm³/mol. The SMILES string of the molecule is CCOC(=O)N1CCC(NC(=O)c2nn(C)c3c2CS(=O)(=O)c2ccccc2-3)CC1. The van der Waals surface area contributed by atoms with Gasteiger partial charge in [0.15, 0.2) is 15.5 Å². The molecule has 0 saturated carbocycles. The summed E-state index contributed by atoms with van der Waals surface area (Å²) in [6.07, 6.45) is 0.853. The van der Waals surface area contributed by atoms with E-state index in [0.29, 0.717) is 49.4 Å². The maximum absolute atomic E-state index is 13.0. The fourth-order valence-corrected chi connectivity index (χ4v) is 5.69. The van der Waals surface area contributed by atoms with Gasteiger partial charge in [-0.3, -0.25) is 9.48 Å². The normalized spacial score (nSPS) is 17.7. The lowest BCUT2D eigenvalue weighted by Gasteiger charge is -2.31. The predicted octanol–water partition coefficient (Wildman–Crippen LogP) is 1.73. The third kappa shape index (κ3) is 3.55. The van der Waals surface area contributed by atoms with E-state index in [0.717, 1.165) is 0 Å². The fraction of sp³-hybridized carbons (Fsp3) is 0.450. The van der Waals surface area contributed by atoms with E-state index in [1.54, 1.807) is 47.8 Å². The first kappa shape index (κ1) is 20.4. The molecule has 9 nitrogen and oxygen atoms in total. The molecule has 1 saturated heterocycles. The number of sulfone groups is 1. The van der Waals surface area contributed by atoms with Gasteiger partial charge in [-0.1, -0.05) is 18.2 Å². The van der Waals surface area contributed by atoms with Crippen LogP contribution >= 0.6 is 0 Å². The second-order valence-electron chi connectivity index (χ2n) is 7.49. The van der Waals surface area contributed by atoms with Crippen molar-refractivity contribution < 1.29 is 22.7 Å². The van der Waals surface area contributed by atoms with Crippen molar-refractivity contribution >= 4 is 21.8 Å². The highest BCUT2D eigenvalue weighted by Crippen LogP contribution is 2.38. The molecule has 2 aliphatic heterocycles. The summed E-state index contributed by atoms with van der Waals surface area (Å²) in [6, 6.07) is 6.66. The Balaban J connectivity index is 1.54. The summed E-state index contributed by atoms with van der Waals surface area (Å²) in [6.45, 7) is 3.07. The van der Waals surface area contributed by atoms with Crippen LogP contribution in [0.1, 0.15) is 35.8 Å². The van der Waals surface area contributed by atoms with Crippen molar-refractivity contribution in [3.8, 4) is 11.3 Å². The van der Waals surface area contributed by atoms with Gasteiger partial charge in [-0.15, -0.1) is 0 Å². The Labute approximate surface area is 174 Å². The van der Waals surface area contributed by atoms with Crippen molar-refractivity contribution in [1.29, 1.82) is 0 Å². The number of ether oxygens (including phenoxy) is 1. The number of aryl methyl sites for hydroxylation is 1. The molecule has 0 radical (unpaired) electrons. The zero-order valence-corrected chi connectivity index (χ0v) is 17.7. The van der Waals surface area contributed by atoms with Crippen LogP contribution in [0.15, 0.2) is 29.2 Å². The molecule has 30 heavy (non-hydrogen) atoms. The quantitative estimate of drug-likeness (QED) is 0.791. The lowest BCUT2D eigenvalue weighted by atomic mass is 10.0. The number of carbonyl (C=O) groups excluding carboxylic acids is 2. The number of amides is 2. The van der Waals surface area contributed by atoms with E-state index in [9.17, 15) is 18.0 Å². The van der Waals surface area contributed by atoms with Gasteiger partial charge in [0.25, 0.3) is 5.91 Å². The van der Waals surface area contributed by atoms with E-state index in [1.807, 2.05) is 0 Å². The topological polar surface area (TPSA) is 111 Å². The third-order valence-electron chi connectivity index (χ3n) is 5.53. The zero-order valence-electron chi connectivity index (χ0n) is 16.9. The maximum Gasteiger partial charge on any atom is 0.409 e. The molecule has 10 heteroatoms. The van der Waals surface area contributed by atoms with Gasteiger partial charge >= 0.3 is 6.09 Å². The van der Waals surface area contributed by atoms with Crippen molar-refractivity contribution in [2.24, 2.45) is 7.05 Å². The van der Waals surface area contributed by atoms with Gasteiger partial charge in [0.1, 0.15) is 0 Å². The van der Waals surface area contributed by atoms with E-state index in [-0.39, 0.29) is 28.5 Å². The molecule has 2 aliphatic rings. The first-order valence-electron chi connectivity index (χ1n) is 9.92. The number of hydrogen-bond donors (Lipinski definition) is 1. The van der Waals surface area contributed by atoms with E-state index in [1.165, 1.54) is 0 Å². The average Bonchev–Trinajstić information content (AvgIpc) is 3.04. The molecule has 1 N–H and O–H groups in total. The molecule has 4 rings (SSSR count). The fourth-order valence-electron chi connectivity index (χ4n) is 4.10. The highest BCUT2D eigenvalue weighted by Gasteiger charge is 2.35. The summed E-state index contributed by atoms with van der Waals surface area (Å²) in [4.78, 5) is 26.7. The molecule has 2 amide bonds. The van der Waals surface area contributed by atoms with Crippen molar-refractivity contribution in [2.45, 2.75) is 36.5 Å². The van der Waals surface area contributed by atoms with Gasteiger partial charge in [-0.2, -0.15) is 5.10 Å². The first-order chi connectivity index (χ1) is 14.3. The maximum atomic E-state index is 13.0. The molecule has 0 bridgehead atoms. The largest absolute Gasteiger partial charge is 0.450 e. The van der Waals surface area contributed by atoms with Crippen molar-refractivity contribution in [3.63, 3.8) is 0 Å². The molecule has 1 aromatic heterocycles. The third-order valence-corrected chi connectivity index (χ3v) is 7.22. The second kappa shape index (κ2) is 7.75. The molecule has 3 heterocycles. The molecule has 2 aromatic rings. The van der Waals surface area contributed by atoms with E-state index < -0.39 is 15.7 Å². The van der Waals surface area contributed by atoms with Crippen LogP contribution in [0.2, 0.25) is 0 Å². The molecule has 0 aliphatic carbocycles. The van der Waals surface area contributed by atoms with Gasteiger partial charge < -0.3 is 15.0 Å². The Kier molecular flexibility index (Phi) is 5.27. The molecule has 1 aromatic carbocycles. The number of aromatic nitrogens is 2. The number of carbonyl (C=O) groups is 2. The van der Waals surface area contributed by atoms with Gasteiger partial charge in [-0.05, 0) is 25.8 Å². The second-order valence-corrected chi connectivity index (χ2v) is 9.45. The molecular formula is C20H24N4O5S. The Morgan fingerprint density at radius 1 is 1.23 bits per heavy atom. The standard InChI is InChI=1S/C20H24N4O5S/c1-3-29-20(26)24-10-8-13(9-11-24)21-19(25)17-15-12-30(27,28)16-7-5-4-6-14(16)18(15)23(2)22-17/h4-7,13H,3,8-12H2,1-2H3,(H,21,25). The summed E-state index contributed by atoms with van der Waals surface area (Å²) in [7, 11) is -1.83. The lowest BCUT2D eigenvalue weighted by Crippen LogP contribution is -2.47. The van der Waals surface area contributed by atoms with Crippen LogP contribution in [-0.2, 0) is 27.4 Å². The molecular weight excluding hydrogens is 408 g/mol. The molecule has 0 unspecified atom stereocenters. The summed E-state index contributed by atoms with van der Waals surface area (Å²) in [5.41, 5.74) is 1.79. The van der Waals surface area contributed by atoms with Crippen molar-refractivity contribution in [3.05, 3.63) is 35.5 Å². The minimum absolute atomic E-state index is 0.117. The Morgan fingerprint density at radius 3 is 2.63 bits per heavy atom. The van der Waals surface area contributed by atoms with Crippen LogP contribution in [-0.4, -0.2) is 60.8 Å². The van der Waals surface area contributed by atoms with Crippen LogP contribution in [0.25, 0.3) is 11.3 Å². The van der Waals surface area contributed by atoms with Gasteiger partial charge in [0, 0.05) is 37.3 Å². The smallest absolute Gasteiger partial charge is 0.409 e. The highest BCUT2D eigenvalue weighted by molar-refractivity contribution is 7.90.